The number of ether oxygens (including phenoxy) is 4. The molecule has 0 radical (unpaired) electrons. The second-order valence-corrected chi connectivity index (χ2v) is 5.44. The van der Waals surface area contributed by atoms with Crippen molar-refractivity contribution in [3.05, 3.63) is 30.3 Å². The fourth-order valence-electron chi connectivity index (χ4n) is 2.60. The lowest BCUT2D eigenvalue weighted by atomic mass is 10.1. The van der Waals surface area contributed by atoms with Crippen molar-refractivity contribution >= 4 is 46.4 Å². The van der Waals surface area contributed by atoms with Gasteiger partial charge in [0.2, 0.25) is 0 Å². The minimum Gasteiger partial charge on any atom is -0.449 e. The van der Waals surface area contributed by atoms with Crippen molar-refractivity contribution in [1.29, 1.82) is 0 Å². The van der Waals surface area contributed by atoms with Gasteiger partial charge in [-0.3, -0.25) is 0 Å². The second-order valence-electron chi connectivity index (χ2n) is 5.44. The van der Waals surface area contributed by atoms with Crippen molar-refractivity contribution in [3.8, 4) is 23.0 Å². The summed E-state index contributed by atoms with van der Waals surface area (Å²) in [7, 11) is 0. The lowest BCUT2D eigenvalue weighted by molar-refractivity contribution is 0.140. The van der Waals surface area contributed by atoms with E-state index in [2.05, 4.69) is 23.9 Å². The van der Waals surface area contributed by atoms with Gasteiger partial charge in [0.25, 0.3) is 0 Å². The molecule has 0 aliphatic rings. The molecule has 3 aromatic rings. The predicted octanol–water partition coefficient (Wildman–Crippen LogP) is 3.62. The Bertz CT molecular complexity index is 1130. The molecule has 0 amide bonds. The van der Waals surface area contributed by atoms with E-state index in [1.807, 2.05) is 0 Å². The summed E-state index contributed by atoms with van der Waals surface area (Å²) < 4.78 is 18.3. The topological polar surface area (TPSA) is 199 Å². The number of pyridine rings is 1. The highest BCUT2D eigenvalue weighted by Crippen LogP contribution is 2.37. The highest BCUT2D eigenvalue weighted by Gasteiger charge is 2.18. The third kappa shape index (κ3) is 4.36. The number of fused-ring (bicyclic) bond motifs is 2. The van der Waals surface area contributed by atoms with E-state index in [9.17, 15) is 19.2 Å². The molecule has 2 aromatic carbocycles. The molecule has 13 heteroatoms. The number of aromatic nitrogens is 1. The van der Waals surface area contributed by atoms with E-state index in [0.29, 0.717) is 0 Å². The van der Waals surface area contributed by atoms with Gasteiger partial charge in [-0.2, -0.15) is 0 Å². The molecule has 3 rings (SSSR count). The molecule has 13 nitrogen and oxygen atoms in total. The first-order valence-corrected chi connectivity index (χ1v) is 7.68. The molecule has 0 atom stereocenters. The largest absolute Gasteiger partial charge is 0.511 e. The molecule has 1 heterocycles. The highest BCUT2D eigenvalue weighted by atomic mass is 16.7. The number of hydrogen-bond donors (Lipinski definition) is 4. The standard InChI is InChI=1S/C17H9NO12/c19-14(20)27-6-1-10-8(12(3-6)29-16(23)24)5-9-11(18-10)2-7(28-15(21)22)4-13(9)30-17(25)26/h1-5H,(H,19,20)(H,21,22)(H,23,24)(H,25,26). The first-order valence-electron chi connectivity index (χ1n) is 7.68. The Kier molecular flexibility index (Phi) is 5.10. The Hall–Kier alpha value is -4.81. The first kappa shape index (κ1) is 19.9. The van der Waals surface area contributed by atoms with Crippen LogP contribution < -0.4 is 18.9 Å². The van der Waals surface area contributed by atoms with Gasteiger partial charge in [0, 0.05) is 35.0 Å². The molecule has 4 N–H and O–H groups in total. The molecule has 1 aromatic heterocycles. The van der Waals surface area contributed by atoms with Crippen molar-refractivity contribution in [2.24, 2.45) is 0 Å². The molecule has 154 valence electrons. The minimum absolute atomic E-state index is 0.00810. The summed E-state index contributed by atoms with van der Waals surface area (Å²) in [6, 6.07) is 5.54. The number of carboxylic acid groups (broad SMARTS) is 4. The average molecular weight is 419 g/mol. The summed E-state index contributed by atoms with van der Waals surface area (Å²) in [5, 5.41) is 35.5. The smallest absolute Gasteiger partial charge is 0.449 e. The summed E-state index contributed by atoms with van der Waals surface area (Å²) in [4.78, 5) is 47.8. The summed E-state index contributed by atoms with van der Waals surface area (Å²) >= 11 is 0. The van der Waals surface area contributed by atoms with Gasteiger partial charge < -0.3 is 39.4 Å². The lowest BCUT2D eigenvalue weighted by Crippen LogP contribution is -2.07. The van der Waals surface area contributed by atoms with Crippen molar-refractivity contribution < 1.29 is 58.6 Å². The fourth-order valence-corrected chi connectivity index (χ4v) is 2.60. The molecular formula is C17H9NO12. The van der Waals surface area contributed by atoms with Gasteiger partial charge in [0.15, 0.2) is 0 Å². The molecular weight excluding hydrogens is 410 g/mol. The van der Waals surface area contributed by atoms with E-state index >= 15 is 0 Å². The maximum Gasteiger partial charge on any atom is 0.511 e. The minimum atomic E-state index is -1.71. The Labute approximate surface area is 164 Å². The third-order valence-electron chi connectivity index (χ3n) is 3.52. The van der Waals surface area contributed by atoms with Crippen LogP contribution in [0.3, 0.4) is 0 Å². The average Bonchev–Trinajstić information content (AvgIpc) is 2.58. The van der Waals surface area contributed by atoms with Crippen molar-refractivity contribution in [1.82, 2.24) is 4.98 Å². The number of rotatable bonds is 4. The van der Waals surface area contributed by atoms with Gasteiger partial charge in [-0.25, -0.2) is 24.2 Å². The molecule has 0 saturated carbocycles. The summed E-state index contributed by atoms with van der Waals surface area (Å²) in [5.74, 6) is -1.31. The van der Waals surface area contributed by atoms with Crippen molar-refractivity contribution in [3.63, 3.8) is 0 Å². The Balaban J connectivity index is 2.32. The monoisotopic (exact) mass is 419 g/mol. The van der Waals surface area contributed by atoms with E-state index < -0.39 is 24.6 Å². The Morgan fingerprint density at radius 1 is 0.567 bits per heavy atom. The molecule has 0 aliphatic heterocycles. The van der Waals surface area contributed by atoms with Crippen molar-refractivity contribution in [2.75, 3.05) is 0 Å². The van der Waals surface area contributed by atoms with Gasteiger partial charge >= 0.3 is 24.6 Å². The van der Waals surface area contributed by atoms with Crippen LogP contribution in [0, 0.1) is 0 Å². The molecule has 0 saturated heterocycles. The first-order chi connectivity index (χ1) is 14.1. The van der Waals surface area contributed by atoms with Crippen LogP contribution >= 0.6 is 0 Å². The molecule has 0 aliphatic carbocycles. The van der Waals surface area contributed by atoms with Gasteiger partial charge in [-0.15, -0.1) is 0 Å². The number of carbonyl (C=O) groups is 4. The number of benzene rings is 2. The zero-order valence-corrected chi connectivity index (χ0v) is 14.4. The Morgan fingerprint density at radius 2 is 0.933 bits per heavy atom. The highest BCUT2D eigenvalue weighted by molar-refractivity contribution is 6.01. The van der Waals surface area contributed by atoms with Crippen LogP contribution in [-0.4, -0.2) is 50.0 Å². The molecule has 0 fully saturated rings. The van der Waals surface area contributed by atoms with Crippen LogP contribution in [0.1, 0.15) is 0 Å². The summed E-state index contributed by atoms with van der Waals surface area (Å²) in [6.07, 6.45) is -6.77. The van der Waals surface area contributed by atoms with Gasteiger partial charge in [-0.05, 0) is 6.07 Å². The Morgan fingerprint density at radius 3 is 1.27 bits per heavy atom. The lowest BCUT2D eigenvalue weighted by Gasteiger charge is -2.12. The predicted molar refractivity (Wildman–Crippen MR) is 93.9 cm³/mol. The normalized spacial score (nSPS) is 10.4. The SMILES string of the molecule is O=C(O)Oc1cc(OC(=O)O)c2cc3c(OC(=O)O)cc(OC(=O)O)cc3nc2c1. The van der Waals surface area contributed by atoms with Crippen LogP contribution in [-0.2, 0) is 0 Å². The van der Waals surface area contributed by atoms with Crippen LogP contribution in [0.15, 0.2) is 30.3 Å². The molecule has 0 bridgehead atoms. The molecule has 0 spiro atoms. The third-order valence-corrected chi connectivity index (χ3v) is 3.52. The zero-order chi connectivity index (χ0) is 22.0. The quantitative estimate of drug-likeness (QED) is 0.272. The van der Waals surface area contributed by atoms with E-state index in [1.165, 1.54) is 6.07 Å². The fraction of sp³-hybridized carbons (Fsp3) is 0. The van der Waals surface area contributed by atoms with E-state index in [4.69, 9.17) is 20.4 Å². The van der Waals surface area contributed by atoms with Gasteiger partial charge in [-0.1, -0.05) is 0 Å². The van der Waals surface area contributed by atoms with Crippen LogP contribution in [0.2, 0.25) is 0 Å². The maximum atomic E-state index is 11.0. The van der Waals surface area contributed by atoms with Crippen molar-refractivity contribution in [2.45, 2.75) is 0 Å². The van der Waals surface area contributed by atoms with Gasteiger partial charge in [0.05, 0.1) is 11.0 Å². The van der Waals surface area contributed by atoms with Gasteiger partial charge in [0.1, 0.15) is 23.0 Å². The number of nitrogens with zero attached hydrogens (tertiary/aromatic N) is 1. The number of hydrogen-bond acceptors (Lipinski definition) is 9. The van der Waals surface area contributed by atoms with Crippen LogP contribution in [0.4, 0.5) is 19.2 Å². The van der Waals surface area contributed by atoms with Crippen LogP contribution in [0.5, 0.6) is 23.0 Å². The second kappa shape index (κ2) is 7.67. The van der Waals surface area contributed by atoms with E-state index in [-0.39, 0.29) is 44.8 Å². The molecule has 30 heavy (non-hydrogen) atoms. The summed E-state index contributed by atoms with van der Waals surface area (Å²) in [5.41, 5.74) is -0.0162. The zero-order valence-electron chi connectivity index (χ0n) is 14.4. The van der Waals surface area contributed by atoms with E-state index in [0.717, 1.165) is 24.3 Å². The van der Waals surface area contributed by atoms with E-state index in [1.54, 1.807) is 0 Å². The maximum absolute atomic E-state index is 11.0. The summed E-state index contributed by atoms with van der Waals surface area (Å²) in [6.45, 7) is 0. The van der Waals surface area contributed by atoms with Crippen LogP contribution in [0.25, 0.3) is 21.8 Å². The molecule has 0 unspecified atom stereocenters.